The number of carbonyl (C=O) groups excluding carboxylic acids is 1. The highest BCUT2D eigenvalue weighted by molar-refractivity contribution is 5.62. The molecule has 1 heteroatoms. The fraction of sp³-hybridized carbons (Fsp3) is 0.900. The minimum Gasteiger partial charge on any atom is -0.303 e. The Morgan fingerprint density at radius 1 is 1.36 bits per heavy atom. The first kappa shape index (κ1) is 7.33. The van der Waals surface area contributed by atoms with E-state index in [1.54, 1.807) is 0 Å². The molecule has 2 aliphatic carbocycles. The van der Waals surface area contributed by atoms with Gasteiger partial charge in [0.25, 0.3) is 0 Å². The van der Waals surface area contributed by atoms with Crippen molar-refractivity contribution in [3.63, 3.8) is 0 Å². The topological polar surface area (TPSA) is 17.1 Å². The zero-order valence-corrected chi connectivity index (χ0v) is 7.55. The second-order valence-corrected chi connectivity index (χ2v) is 5.07. The minimum absolute atomic E-state index is 0.0220. The number of carbonyl (C=O) groups is 1. The van der Waals surface area contributed by atoms with Gasteiger partial charge in [-0.25, -0.2) is 0 Å². The van der Waals surface area contributed by atoms with Crippen LogP contribution in [0.1, 0.15) is 33.6 Å². The fourth-order valence-corrected chi connectivity index (χ4v) is 3.35. The Morgan fingerprint density at radius 3 is 2.27 bits per heavy atom. The molecule has 3 unspecified atom stereocenters. The molecule has 0 spiro atoms. The predicted molar refractivity (Wildman–Crippen MR) is 44.2 cm³/mol. The van der Waals surface area contributed by atoms with Crippen molar-refractivity contribution in [3.05, 3.63) is 0 Å². The summed E-state index contributed by atoms with van der Waals surface area (Å²) >= 11 is 0. The zero-order chi connectivity index (χ0) is 8.28. The van der Waals surface area contributed by atoms with Gasteiger partial charge in [-0.3, -0.25) is 0 Å². The summed E-state index contributed by atoms with van der Waals surface area (Å²) in [6, 6.07) is 0. The molecule has 0 aromatic rings. The lowest BCUT2D eigenvalue weighted by atomic mass is 9.81. The minimum atomic E-state index is 0.0220. The molecule has 0 N–H and O–H groups in total. The molecule has 0 aromatic carbocycles. The van der Waals surface area contributed by atoms with Gasteiger partial charge in [-0.2, -0.15) is 0 Å². The van der Waals surface area contributed by atoms with E-state index >= 15 is 0 Å². The number of hydrogen-bond donors (Lipinski definition) is 0. The maximum Gasteiger partial charge on any atom is 0.126 e. The van der Waals surface area contributed by atoms with Gasteiger partial charge >= 0.3 is 0 Å². The fourth-order valence-electron chi connectivity index (χ4n) is 3.35. The number of fused-ring (bicyclic) bond motifs is 1. The van der Waals surface area contributed by atoms with Crippen LogP contribution in [-0.4, -0.2) is 6.29 Å². The number of rotatable bonds is 1. The van der Waals surface area contributed by atoms with Crippen LogP contribution >= 0.6 is 0 Å². The van der Waals surface area contributed by atoms with Crippen molar-refractivity contribution in [3.8, 4) is 0 Å². The first-order valence-electron chi connectivity index (χ1n) is 4.49. The van der Waals surface area contributed by atoms with Crippen molar-refractivity contribution >= 4 is 6.29 Å². The molecule has 0 amide bonds. The molecule has 0 heterocycles. The molecule has 62 valence electrons. The normalized spacial score (nSPS) is 51.9. The monoisotopic (exact) mass is 152 g/mol. The molecular weight excluding hydrogens is 136 g/mol. The molecule has 0 saturated heterocycles. The summed E-state index contributed by atoms with van der Waals surface area (Å²) in [5.41, 5.74) is 0.488. The van der Waals surface area contributed by atoms with Crippen LogP contribution < -0.4 is 0 Å². The second-order valence-electron chi connectivity index (χ2n) is 5.07. The van der Waals surface area contributed by atoms with Gasteiger partial charge in [-0.05, 0) is 30.1 Å². The van der Waals surface area contributed by atoms with Gasteiger partial charge in [0.1, 0.15) is 6.29 Å². The first-order chi connectivity index (χ1) is 5.02. The van der Waals surface area contributed by atoms with E-state index < -0.39 is 0 Å². The van der Waals surface area contributed by atoms with E-state index in [1.807, 2.05) is 0 Å². The van der Waals surface area contributed by atoms with Crippen molar-refractivity contribution in [2.75, 3.05) is 0 Å². The summed E-state index contributed by atoms with van der Waals surface area (Å²) in [6.07, 6.45) is 3.58. The number of hydrogen-bond acceptors (Lipinski definition) is 1. The van der Waals surface area contributed by atoms with E-state index in [-0.39, 0.29) is 5.41 Å². The van der Waals surface area contributed by atoms with Crippen LogP contribution in [-0.2, 0) is 4.79 Å². The molecule has 1 nitrogen and oxygen atoms in total. The lowest BCUT2D eigenvalue weighted by Gasteiger charge is -2.22. The first-order valence-corrected chi connectivity index (χ1v) is 4.49. The van der Waals surface area contributed by atoms with Gasteiger partial charge in [0.2, 0.25) is 0 Å². The summed E-state index contributed by atoms with van der Waals surface area (Å²) in [5.74, 6) is 1.53. The van der Waals surface area contributed by atoms with E-state index in [2.05, 4.69) is 20.8 Å². The molecule has 0 bridgehead atoms. The van der Waals surface area contributed by atoms with Gasteiger partial charge in [-0.1, -0.05) is 20.8 Å². The van der Waals surface area contributed by atoms with Crippen LogP contribution in [0.3, 0.4) is 0 Å². The van der Waals surface area contributed by atoms with Crippen LogP contribution in [0.5, 0.6) is 0 Å². The highest BCUT2D eigenvalue weighted by Crippen LogP contribution is 2.72. The van der Waals surface area contributed by atoms with Gasteiger partial charge in [0.05, 0.1) is 0 Å². The van der Waals surface area contributed by atoms with Crippen molar-refractivity contribution < 1.29 is 4.79 Å². The van der Waals surface area contributed by atoms with Crippen molar-refractivity contribution in [2.24, 2.45) is 22.7 Å². The van der Waals surface area contributed by atoms with Gasteiger partial charge < -0.3 is 4.79 Å². The Labute approximate surface area is 68.2 Å². The van der Waals surface area contributed by atoms with E-state index in [0.717, 1.165) is 12.3 Å². The average Bonchev–Trinajstić information content (AvgIpc) is 2.36. The second kappa shape index (κ2) is 1.70. The summed E-state index contributed by atoms with van der Waals surface area (Å²) in [4.78, 5) is 10.9. The lowest BCUT2D eigenvalue weighted by molar-refractivity contribution is -0.116. The van der Waals surface area contributed by atoms with Crippen LogP contribution in [0.25, 0.3) is 0 Å². The Balaban J connectivity index is 2.25. The van der Waals surface area contributed by atoms with Crippen molar-refractivity contribution in [1.29, 1.82) is 0 Å². The largest absolute Gasteiger partial charge is 0.303 e. The number of aldehydes is 1. The molecule has 2 saturated carbocycles. The van der Waals surface area contributed by atoms with Gasteiger partial charge in [-0.15, -0.1) is 0 Å². The molecular formula is C10H16O. The van der Waals surface area contributed by atoms with Crippen LogP contribution in [0, 0.1) is 22.7 Å². The zero-order valence-electron chi connectivity index (χ0n) is 7.55. The molecule has 2 rings (SSSR count). The van der Waals surface area contributed by atoms with E-state index in [4.69, 9.17) is 0 Å². The SMILES string of the molecule is CC1(C=O)CCC2C1C2(C)C. The molecule has 3 atom stereocenters. The molecule has 0 aromatic heterocycles. The Hall–Kier alpha value is -0.330. The van der Waals surface area contributed by atoms with Crippen LogP contribution in [0.4, 0.5) is 0 Å². The summed E-state index contributed by atoms with van der Waals surface area (Å²) < 4.78 is 0. The van der Waals surface area contributed by atoms with E-state index in [9.17, 15) is 4.79 Å². The molecule has 0 radical (unpaired) electrons. The Bertz CT molecular complexity index is 207. The van der Waals surface area contributed by atoms with Crippen LogP contribution in [0.2, 0.25) is 0 Å². The highest BCUT2D eigenvalue weighted by atomic mass is 16.1. The quantitative estimate of drug-likeness (QED) is 0.527. The van der Waals surface area contributed by atoms with Crippen molar-refractivity contribution in [2.45, 2.75) is 33.6 Å². The summed E-state index contributed by atoms with van der Waals surface area (Å²) in [7, 11) is 0. The third kappa shape index (κ3) is 0.692. The van der Waals surface area contributed by atoms with E-state index in [0.29, 0.717) is 11.3 Å². The smallest absolute Gasteiger partial charge is 0.126 e. The Morgan fingerprint density at radius 2 is 2.00 bits per heavy atom. The average molecular weight is 152 g/mol. The third-order valence-electron chi connectivity index (χ3n) is 4.02. The summed E-state index contributed by atoms with van der Waals surface area (Å²) in [6.45, 7) is 6.71. The standard InChI is InChI=1S/C10H16O/c1-9(2)7-4-5-10(3,6-11)8(7)9/h6-8H,4-5H2,1-3H3. The maximum atomic E-state index is 10.9. The molecule has 2 fully saturated rings. The van der Waals surface area contributed by atoms with Crippen LogP contribution in [0.15, 0.2) is 0 Å². The highest BCUT2D eigenvalue weighted by Gasteiger charge is 2.68. The van der Waals surface area contributed by atoms with Gasteiger partial charge in [0, 0.05) is 5.41 Å². The van der Waals surface area contributed by atoms with Crippen molar-refractivity contribution in [1.82, 2.24) is 0 Å². The predicted octanol–water partition coefficient (Wildman–Crippen LogP) is 2.26. The maximum absolute atomic E-state index is 10.9. The molecule has 11 heavy (non-hydrogen) atoms. The third-order valence-corrected chi connectivity index (χ3v) is 4.02. The summed E-state index contributed by atoms with van der Waals surface area (Å²) in [5, 5.41) is 0. The molecule has 2 aliphatic rings. The lowest BCUT2D eigenvalue weighted by Crippen LogP contribution is -2.21. The Kier molecular flexibility index (Phi) is 1.13. The van der Waals surface area contributed by atoms with Gasteiger partial charge in [0.15, 0.2) is 0 Å². The molecule has 0 aliphatic heterocycles. The van der Waals surface area contributed by atoms with E-state index in [1.165, 1.54) is 12.7 Å².